The fourth-order valence-electron chi connectivity index (χ4n) is 3.29. The van der Waals surface area contributed by atoms with E-state index >= 15 is 0 Å². The van der Waals surface area contributed by atoms with Gasteiger partial charge in [-0.3, -0.25) is 23.4 Å². The van der Waals surface area contributed by atoms with Crippen LogP contribution in [0.25, 0.3) is 0 Å². The number of amides is 1. The van der Waals surface area contributed by atoms with Gasteiger partial charge in [0, 0.05) is 27.7 Å². The van der Waals surface area contributed by atoms with Crippen LogP contribution in [0.4, 0.5) is 0 Å². The van der Waals surface area contributed by atoms with Crippen molar-refractivity contribution in [3.8, 4) is 0 Å². The Hall–Kier alpha value is -3.03. The first kappa shape index (κ1) is 27.2. The van der Waals surface area contributed by atoms with Crippen LogP contribution in [0.2, 0.25) is 0 Å². The topological polar surface area (TPSA) is 161 Å². The highest BCUT2D eigenvalue weighted by atomic mass is 32.2. The van der Waals surface area contributed by atoms with Gasteiger partial charge in [-0.25, -0.2) is 0 Å². The van der Waals surface area contributed by atoms with Crippen molar-refractivity contribution in [2.45, 2.75) is 70.2 Å². The molecule has 0 bridgehead atoms. The highest BCUT2D eigenvalue weighted by Crippen LogP contribution is 2.28. The van der Waals surface area contributed by atoms with Gasteiger partial charge in [-0.05, 0) is 19.1 Å². The molecule has 13 heteroatoms. The Morgan fingerprint density at radius 3 is 1.91 bits per heavy atom. The average Bonchev–Trinajstić information content (AvgIpc) is 2.70. The van der Waals surface area contributed by atoms with Crippen molar-refractivity contribution in [3.63, 3.8) is 0 Å². The normalized spacial score (nSPS) is 24.6. The smallest absolute Gasteiger partial charge is 0.305 e. The fraction of sp³-hybridized carbons (Fsp3) is 0.524. The minimum Gasteiger partial charge on any atom is -0.456 e. The second-order valence-corrected chi connectivity index (χ2v) is 9.19. The average molecular weight is 502 g/mol. The van der Waals surface area contributed by atoms with Crippen molar-refractivity contribution < 1.29 is 50.7 Å². The van der Waals surface area contributed by atoms with Crippen LogP contribution in [0, 0.1) is 6.92 Å². The summed E-state index contributed by atoms with van der Waals surface area (Å²) in [4.78, 5) is 46.8. The third-order valence-electron chi connectivity index (χ3n) is 4.60. The van der Waals surface area contributed by atoms with Gasteiger partial charge in [0.05, 0.1) is 11.5 Å². The van der Waals surface area contributed by atoms with E-state index in [0.717, 1.165) is 26.3 Å². The largest absolute Gasteiger partial charge is 0.456 e. The maximum atomic E-state index is 12.6. The zero-order chi connectivity index (χ0) is 25.6. The van der Waals surface area contributed by atoms with Gasteiger partial charge >= 0.3 is 17.9 Å². The molecule has 5 atom stereocenters. The summed E-state index contributed by atoms with van der Waals surface area (Å²) >= 11 is 0. The summed E-state index contributed by atoms with van der Waals surface area (Å²) in [6.45, 7) is 5.51. The van der Waals surface area contributed by atoms with Crippen molar-refractivity contribution in [2.24, 2.45) is 0 Å². The Morgan fingerprint density at radius 2 is 1.41 bits per heavy atom. The minimum absolute atomic E-state index is 0.123. The molecule has 1 N–H and O–H groups in total. The third-order valence-corrected chi connectivity index (χ3v) is 5.90. The lowest BCUT2D eigenvalue weighted by atomic mass is 9.96. The molecule has 1 amide bonds. The molecule has 1 aromatic carbocycles. The molecule has 1 heterocycles. The molecule has 188 valence electrons. The Bertz CT molecular complexity index is 1020. The predicted octanol–water partition coefficient (Wildman–Crippen LogP) is 0.356. The molecule has 0 aromatic heterocycles. The highest BCUT2D eigenvalue weighted by Gasteiger charge is 2.52. The van der Waals surface area contributed by atoms with Crippen molar-refractivity contribution in [2.75, 3.05) is 6.61 Å². The van der Waals surface area contributed by atoms with Crippen LogP contribution in [-0.4, -0.2) is 69.5 Å². The SMILES string of the molecule is CC(=O)NC1C(OC(C)=O)OC(COS(=O)(=O)c2ccc(C)cc2)C(OC(C)=O)C1OC(C)=O. The number of carbonyl (C=O) groups is 4. The number of ether oxygens (including phenoxy) is 4. The number of hydrogen-bond donors (Lipinski definition) is 1. The van der Waals surface area contributed by atoms with E-state index in [4.69, 9.17) is 23.1 Å². The molecule has 1 aliphatic heterocycles. The number of esters is 3. The van der Waals surface area contributed by atoms with Crippen molar-refractivity contribution in [1.29, 1.82) is 0 Å². The molecule has 5 unspecified atom stereocenters. The van der Waals surface area contributed by atoms with E-state index in [1.165, 1.54) is 19.1 Å². The van der Waals surface area contributed by atoms with Crippen LogP contribution in [-0.2, 0) is 52.4 Å². The molecule has 1 aromatic rings. The van der Waals surface area contributed by atoms with E-state index in [-0.39, 0.29) is 4.90 Å². The van der Waals surface area contributed by atoms with E-state index < -0.39 is 71.2 Å². The van der Waals surface area contributed by atoms with Crippen LogP contribution in [0.1, 0.15) is 33.3 Å². The number of rotatable bonds is 8. The van der Waals surface area contributed by atoms with Crippen LogP contribution in [0.5, 0.6) is 0 Å². The van der Waals surface area contributed by atoms with E-state index in [0.29, 0.717) is 0 Å². The quantitative estimate of drug-likeness (QED) is 0.297. The van der Waals surface area contributed by atoms with Gasteiger partial charge in [0.1, 0.15) is 12.1 Å². The first-order chi connectivity index (χ1) is 15.8. The second kappa shape index (κ2) is 11.4. The predicted molar refractivity (Wildman–Crippen MR) is 113 cm³/mol. The summed E-state index contributed by atoms with van der Waals surface area (Å²) in [6.07, 6.45) is -5.66. The molecule has 1 saturated heterocycles. The molecule has 0 spiro atoms. The monoisotopic (exact) mass is 501 g/mol. The first-order valence-electron chi connectivity index (χ1n) is 10.2. The van der Waals surface area contributed by atoms with Gasteiger partial charge in [-0.1, -0.05) is 17.7 Å². The zero-order valence-electron chi connectivity index (χ0n) is 19.3. The summed E-state index contributed by atoms with van der Waals surface area (Å²) in [5.74, 6) is -2.97. The van der Waals surface area contributed by atoms with Crippen molar-refractivity contribution in [3.05, 3.63) is 29.8 Å². The van der Waals surface area contributed by atoms with Gasteiger partial charge in [-0.15, -0.1) is 0 Å². The van der Waals surface area contributed by atoms with Crippen LogP contribution < -0.4 is 5.32 Å². The Labute approximate surface area is 196 Å². The first-order valence-corrected chi connectivity index (χ1v) is 11.6. The number of nitrogens with one attached hydrogen (secondary N) is 1. The standard InChI is InChI=1S/C21H27NO11S/c1-11-6-8-16(9-7-11)34(27,28)29-10-17-19(30-13(3)24)20(31-14(4)25)18(22-12(2)23)21(33-17)32-15(5)26/h6-9,17-21H,10H2,1-5H3,(H,22,23). The molecular weight excluding hydrogens is 474 g/mol. The molecule has 0 saturated carbocycles. The Morgan fingerprint density at radius 1 is 0.882 bits per heavy atom. The molecule has 2 rings (SSSR count). The van der Waals surface area contributed by atoms with Crippen molar-refractivity contribution in [1.82, 2.24) is 5.32 Å². The molecule has 1 fully saturated rings. The lowest BCUT2D eigenvalue weighted by Crippen LogP contribution is -2.66. The maximum absolute atomic E-state index is 12.6. The van der Waals surface area contributed by atoms with Crippen LogP contribution in [0.3, 0.4) is 0 Å². The molecule has 12 nitrogen and oxygen atoms in total. The Balaban J connectivity index is 2.40. The van der Waals surface area contributed by atoms with Gasteiger partial charge in [0.2, 0.25) is 12.2 Å². The van der Waals surface area contributed by atoms with Gasteiger partial charge < -0.3 is 24.3 Å². The lowest BCUT2D eigenvalue weighted by Gasteiger charge is -2.44. The van der Waals surface area contributed by atoms with Crippen molar-refractivity contribution >= 4 is 33.9 Å². The van der Waals surface area contributed by atoms with E-state index in [1.807, 2.05) is 0 Å². The zero-order valence-corrected chi connectivity index (χ0v) is 20.1. The number of carbonyl (C=O) groups excluding carboxylic acids is 4. The second-order valence-electron chi connectivity index (χ2n) is 7.58. The summed E-state index contributed by atoms with van der Waals surface area (Å²) < 4.78 is 51.7. The summed E-state index contributed by atoms with van der Waals surface area (Å²) in [7, 11) is -4.25. The number of benzene rings is 1. The summed E-state index contributed by atoms with van der Waals surface area (Å²) in [6, 6.07) is 4.61. The lowest BCUT2D eigenvalue weighted by molar-refractivity contribution is -0.268. The molecule has 34 heavy (non-hydrogen) atoms. The molecular formula is C21H27NO11S. The Kier molecular flexibility index (Phi) is 9.13. The summed E-state index contributed by atoms with van der Waals surface area (Å²) in [5, 5.41) is 2.45. The summed E-state index contributed by atoms with van der Waals surface area (Å²) in [5.41, 5.74) is 0.835. The molecule has 1 aliphatic rings. The third kappa shape index (κ3) is 7.50. The number of aryl methyl sites for hydroxylation is 1. The van der Waals surface area contributed by atoms with Gasteiger partial charge in [-0.2, -0.15) is 8.42 Å². The maximum Gasteiger partial charge on any atom is 0.305 e. The molecule has 0 aliphatic carbocycles. The molecule has 0 radical (unpaired) electrons. The van der Waals surface area contributed by atoms with Crippen LogP contribution >= 0.6 is 0 Å². The van der Waals surface area contributed by atoms with Gasteiger partial charge in [0.15, 0.2) is 12.2 Å². The van der Waals surface area contributed by atoms with Gasteiger partial charge in [0.25, 0.3) is 10.1 Å². The van der Waals surface area contributed by atoms with E-state index in [9.17, 15) is 27.6 Å². The minimum atomic E-state index is -4.25. The highest BCUT2D eigenvalue weighted by molar-refractivity contribution is 7.86. The van der Waals surface area contributed by atoms with Crippen LogP contribution in [0.15, 0.2) is 29.2 Å². The fourth-order valence-corrected chi connectivity index (χ4v) is 4.20. The van der Waals surface area contributed by atoms with E-state index in [2.05, 4.69) is 5.32 Å². The van der Waals surface area contributed by atoms with E-state index in [1.54, 1.807) is 19.1 Å². The number of hydrogen-bond acceptors (Lipinski definition) is 11.